The molecule has 1 aromatic heterocycles. The van der Waals surface area contributed by atoms with Crippen LogP contribution in [0.15, 0.2) is 28.7 Å². The standard InChI is InChI=1S/C20H27N3O2/c1-14-7-2-3-9-16(14)21-19(24)15-8-6-12-23(13-15)20-22-17-10-4-5-11-18(17)25-20/h4-5,10-11,14-16H,2-3,6-9,12-13H2,1H3,(H,21,24)/t14-,15-,16-/m1/s1. The van der Waals surface area contributed by atoms with E-state index in [-0.39, 0.29) is 11.8 Å². The fraction of sp³-hybridized carbons (Fsp3) is 0.600. The van der Waals surface area contributed by atoms with Gasteiger partial charge in [-0.3, -0.25) is 4.79 Å². The van der Waals surface area contributed by atoms with Crippen LogP contribution in [0, 0.1) is 11.8 Å². The minimum absolute atomic E-state index is 0.0258. The summed E-state index contributed by atoms with van der Waals surface area (Å²) in [6.07, 6.45) is 6.82. The molecule has 1 N–H and O–H groups in total. The third kappa shape index (κ3) is 3.51. The highest BCUT2D eigenvalue weighted by molar-refractivity contribution is 5.80. The molecule has 0 bridgehead atoms. The second kappa shape index (κ2) is 7.06. The topological polar surface area (TPSA) is 58.4 Å². The summed E-state index contributed by atoms with van der Waals surface area (Å²) in [5.74, 6) is 0.826. The largest absolute Gasteiger partial charge is 0.423 e. The molecule has 4 rings (SSSR count). The van der Waals surface area contributed by atoms with Crippen LogP contribution in [-0.4, -0.2) is 30.0 Å². The van der Waals surface area contributed by atoms with Gasteiger partial charge in [-0.15, -0.1) is 0 Å². The second-order valence-corrected chi connectivity index (χ2v) is 7.63. The van der Waals surface area contributed by atoms with Gasteiger partial charge in [0.2, 0.25) is 5.91 Å². The molecule has 2 aromatic rings. The maximum atomic E-state index is 12.8. The summed E-state index contributed by atoms with van der Waals surface area (Å²) < 4.78 is 5.89. The summed E-state index contributed by atoms with van der Waals surface area (Å²) in [5.41, 5.74) is 1.68. The quantitative estimate of drug-likeness (QED) is 0.924. The van der Waals surface area contributed by atoms with Crippen LogP contribution in [-0.2, 0) is 4.79 Å². The van der Waals surface area contributed by atoms with Crippen LogP contribution < -0.4 is 10.2 Å². The SMILES string of the molecule is C[C@@H]1CCCC[C@H]1NC(=O)[C@@H]1CCCN(c2nc3ccccc3o2)C1. The van der Waals surface area contributed by atoms with Gasteiger partial charge in [-0.2, -0.15) is 4.98 Å². The third-order valence-electron chi connectivity index (χ3n) is 5.78. The Labute approximate surface area is 148 Å². The molecule has 1 saturated heterocycles. The van der Waals surface area contributed by atoms with Crippen LogP contribution in [0.2, 0.25) is 0 Å². The number of nitrogens with zero attached hydrogens (tertiary/aromatic N) is 2. The van der Waals surface area contributed by atoms with Crippen LogP contribution in [0.5, 0.6) is 0 Å². The number of amides is 1. The van der Waals surface area contributed by atoms with E-state index in [0.29, 0.717) is 24.5 Å². The first kappa shape index (κ1) is 16.4. The fourth-order valence-corrected chi connectivity index (χ4v) is 4.19. The van der Waals surface area contributed by atoms with Gasteiger partial charge in [0.25, 0.3) is 6.01 Å². The number of piperidine rings is 1. The van der Waals surface area contributed by atoms with Crippen molar-refractivity contribution in [2.24, 2.45) is 11.8 Å². The van der Waals surface area contributed by atoms with E-state index in [2.05, 4.69) is 22.1 Å². The van der Waals surface area contributed by atoms with Crippen molar-refractivity contribution in [3.63, 3.8) is 0 Å². The molecular weight excluding hydrogens is 314 g/mol. The summed E-state index contributed by atoms with van der Waals surface area (Å²) in [7, 11) is 0. The van der Waals surface area contributed by atoms with Crippen molar-refractivity contribution in [3.8, 4) is 0 Å². The number of aromatic nitrogens is 1. The summed E-state index contributed by atoms with van der Waals surface area (Å²) in [6, 6.07) is 8.80. The van der Waals surface area contributed by atoms with Crippen molar-refractivity contribution in [1.29, 1.82) is 0 Å². The van der Waals surface area contributed by atoms with E-state index < -0.39 is 0 Å². The first-order chi connectivity index (χ1) is 12.2. The highest BCUT2D eigenvalue weighted by Gasteiger charge is 2.31. The van der Waals surface area contributed by atoms with Crippen LogP contribution in [0.25, 0.3) is 11.1 Å². The van der Waals surface area contributed by atoms with Crippen LogP contribution >= 0.6 is 0 Å². The van der Waals surface area contributed by atoms with Crippen LogP contribution in [0.4, 0.5) is 6.01 Å². The van der Waals surface area contributed by atoms with Crippen molar-refractivity contribution in [3.05, 3.63) is 24.3 Å². The highest BCUT2D eigenvalue weighted by atomic mass is 16.4. The van der Waals surface area contributed by atoms with Gasteiger partial charge in [0.05, 0.1) is 5.92 Å². The van der Waals surface area contributed by atoms with Gasteiger partial charge in [0, 0.05) is 19.1 Å². The van der Waals surface area contributed by atoms with E-state index in [1.807, 2.05) is 24.3 Å². The molecule has 1 aliphatic heterocycles. The molecule has 134 valence electrons. The summed E-state index contributed by atoms with van der Waals surface area (Å²) in [5, 5.41) is 3.32. The van der Waals surface area contributed by atoms with Crippen molar-refractivity contribution >= 4 is 23.0 Å². The zero-order valence-electron chi connectivity index (χ0n) is 14.9. The maximum Gasteiger partial charge on any atom is 0.298 e. The van der Waals surface area contributed by atoms with Gasteiger partial charge >= 0.3 is 0 Å². The molecule has 3 atom stereocenters. The molecule has 0 spiro atoms. The van der Waals surface area contributed by atoms with Gasteiger partial charge in [0.15, 0.2) is 5.58 Å². The molecule has 2 fully saturated rings. The predicted octanol–water partition coefficient (Wildman–Crippen LogP) is 3.74. The van der Waals surface area contributed by atoms with Crippen LogP contribution in [0.3, 0.4) is 0 Å². The average Bonchev–Trinajstić information content (AvgIpc) is 3.08. The van der Waals surface area contributed by atoms with Gasteiger partial charge in [-0.1, -0.05) is 31.9 Å². The molecular formula is C20H27N3O2. The first-order valence-electron chi connectivity index (χ1n) is 9.61. The number of fused-ring (bicyclic) bond motifs is 1. The third-order valence-corrected chi connectivity index (χ3v) is 5.78. The van der Waals surface area contributed by atoms with Gasteiger partial charge in [-0.05, 0) is 43.7 Å². The van der Waals surface area contributed by atoms with Crippen molar-refractivity contribution in [1.82, 2.24) is 10.3 Å². The Morgan fingerprint density at radius 2 is 2.04 bits per heavy atom. The summed E-state index contributed by atoms with van der Waals surface area (Å²) in [6.45, 7) is 3.85. The van der Waals surface area contributed by atoms with Gasteiger partial charge in [-0.25, -0.2) is 0 Å². The maximum absolute atomic E-state index is 12.8. The number of rotatable bonds is 3. The lowest BCUT2D eigenvalue weighted by Crippen LogP contribution is -2.48. The molecule has 1 saturated carbocycles. The lowest BCUT2D eigenvalue weighted by Gasteiger charge is -2.34. The fourth-order valence-electron chi connectivity index (χ4n) is 4.19. The van der Waals surface area contributed by atoms with E-state index in [1.165, 1.54) is 19.3 Å². The Hall–Kier alpha value is -2.04. The van der Waals surface area contributed by atoms with Gasteiger partial charge in [0.1, 0.15) is 5.52 Å². The lowest BCUT2D eigenvalue weighted by molar-refractivity contribution is -0.126. The molecule has 25 heavy (non-hydrogen) atoms. The Bertz CT molecular complexity index is 708. The molecule has 5 nitrogen and oxygen atoms in total. The first-order valence-corrected chi connectivity index (χ1v) is 9.61. The molecule has 0 radical (unpaired) electrons. The lowest BCUT2D eigenvalue weighted by atomic mass is 9.85. The van der Waals surface area contributed by atoms with Crippen molar-refractivity contribution < 1.29 is 9.21 Å². The van der Waals surface area contributed by atoms with Crippen molar-refractivity contribution in [2.45, 2.75) is 51.5 Å². The number of carbonyl (C=O) groups excluding carboxylic acids is 1. The smallest absolute Gasteiger partial charge is 0.298 e. The van der Waals surface area contributed by atoms with E-state index in [0.717, 1.165) is 36.9 Å². The number of para-hydroxylation sites is 2. The molecule has 1 aliphatic carbocycles. The molecule has 0 unspecified atom stereocenters. The molecule has 2 aliphatic rings. The average molecular weight is 341 g/mol. The number of hydrogen-bond donors (Lipinski definition) is 1. The number of anilines is 1. The minimum atomic E-state index is 0.0258. The number of benzene rings is 1. The molecule has 5 heteroatoms. The number of hydrogen-bond acceptors (Lipinski definition) is 4. The summed E-state index contributed by atoms with van der Waals surface area (Å²) >= 11 is 0. The normalized spacial score (nSPS) is 27.4. The summed E-state index contributed by atoms with van der Waals surface area (Å²) in [4.78, 5) is 19.5. The second-order valence-electron chi connectivity index (χ2n) is 7.63. The van der Waals surface area contributed by atoms with E-state index >= 15 is 0 Å². The van der Waals surface area contributed by atoms with E-state index in [4.69, 9.17) is 4.42 Å². The zero-order valence-corrected chi connectivity index (χ0v) is 14.9. The molecule has 2 heterocycles. The number of oxazole rings is 1. The monoisotopic (exact) mass is 341 g/mol. The molecule has 1 aromatic carbocycles. The Balaban J connectivity index is 1.42. The molecule has 1 amide bonds. The zero-order chi connectivity index (χ0) is 17.2. The van der Waals surface area contributed by atoms with Crippen molar-refractivity contribution in [2.75, 3.05) is 18.0 Å². The van der Waals surface area contributed by atoms with E-state index in [1.54, 1.807) is 0 Å². The van der Waals surface area contributed by atoms with Crippen LogP contribution in [0.1, 0.15) is 45.4 Å². The number of carbonyl (C=O) groups is 1. The minimum Gasteiger partial charge on any atom is -0.423 e. The Kier molecular flexibility index (Phi) is 4.64. The highest BCUT2D eigenvalue weighted by Crippen LogP contribution is 2.28. The van der Waals surface area contributed by atoms with Gasteiger partial charge < -0.3 is 14.6 Å². The predicted molar refractivity (Wildman–Crippen MR) is 98.5 cm³/mol. The van der Waals surface area contributed by atoms with E-state index in [9.17, 15) is 4.79 Å². The number of nitrogens with one attached hydrogen (secondary N) is 1. The Morgan fingerprint density at radius 3 is 2.88 bits per heavy atom. The Morgan fingerprint density at radius 1 is 1.20 bits per heavy atom.